The van der Waals surface area contributed by atoms with Gasteiger partial charge in [0.25, 0.3) is 5.91 Å². The molecular formula is C20H23N5O2S. The predicted molar refractivity (Wildman–Crippen MR) is 111 cm³/mol. The Morgan fingerprint density at radius 3 is 2.07 bits per heavy atom. The zero-order valence-electron chi connectivity index (χ0n) is 15.8. The zero-order chi connectivity index (χ0) is 20.1. The molecule has 0 bridgehead atoms. The molecule has 1 aliphatic rings. The van der Waals surface area contributed by atoms with Crippen LogP contribution in [0.4, 0.5) is 4.79 Å². The minimum atomic E-state index is -1.31. The molecule has 146 valence electrons. The van der Waals surface area contributed by atoms with Crippen molar-refractivity contribution in [1.29, 1.82) is 0 Å². The largest absolute Gasteiger partial charge is 0.360 e. The van der Waals surface area contributed by atoms with Crippen LogP contribution in [0.2, 0.25) is 0 Å². The number of hydrazine groups is 1. The van der Waals surface area contributed by atoms with E-state index in [4.69, 9.17) is 12.2 Å². The van der Waals surface area contributed by atoms with Crippen LogP contribution in [0.5, 0.6) is 0 Å². The van der Waals surface area contributed by atoms with Gasteiger partial charge >= 0.3 is 6.03 Å². The first-order valence-electron chi connectivity index (χ1n) is 8.92. The van der Waals surface area contributed by atoms with E-state index in [1.54, 1.807) is 0 Å². The van der Waals surface area contributed by atoms with Gasteiger partial charge in [0.15, 0.2) is 10.7 Å². The van der Waals surface area contributed by atoms with Crippen LogP contribution in [0.25, 0.3) is 0 Å². The lowest BCUT2D eigenvalue weighted by Gasteiger charge is -2.28. The summed E-state index contributed by atoms with van der Waals surface area (Å²) in [6.45, 7) is 1.35. The lowest BCUT2D eigenvalue weighted by molar-refractivity contribution is -0.131. The van der Waals surface area contributed by atoms with E-state index >= 15 is 0 Å². The quantitative estimate of drug-likeness (QED) is 0.506. The van der Waals surface area contributed by atoms with Gasteiger partial charge in [-0.25, -0.2) is 4.79 Å². The van der Waals surface area contributed by atoms with Gasteiger partial charge in [0.2, 0.25) is 0 Å². The number of amides is 3. The van der Waals surface area contributed by atoms with Crippen molar-refractivity contribution in [3.63, 3.8) is 0 Å². The molecule has 3 N–H and O–H groups in total. The van der Waals surface area contributed by atoms with Gasteiger partial charge in [0.05, 0.1) is 0 Å². The minimum Gasteiger partial charge on any atom is -0.360 e. The van der Waals surface area contributed by atoms with Crippen LogP contribution < -0.4 is 16.1 Å². The lowest BCUT2D eigenvalue weighted by atomic mass is 9.83. The Morgan fingerprint density at radius 1 is 1.04 bits per heavy atom. The second kappa shape index (κ2) is 8.37. The Morgan fingerprint density at radius 2 is 1.57 bits per heavy atom. The second-order valence-corrected chi connectivity index (χ2v) is 7.13. The van der Waals surface area contributed by atoms with Crippen LogP contribution in [-0.4, -0.2) is 54.1 Å². The maximum Gasteiger partial charge on any atom is 0.344 e. The predicted octanol–water partition coefficient (Wildman–Crippen LogP) is 1.42. The summed E-state index contributed by atoms with van der Waals surface area (Å²) >= 11 is 5.24. The number of nitrogens with one attached hydrogen (secondary N) is 3. The van der Waals surface area contributed by atoms with Crippen molar-refractivity contribution >= 4 is 29.3 Å². The molecule has 0 aliphatic carbocycles. The molecule has 0 atom stereocenters. The number of hydrogen-bond acceptors (Lipinski definition) is 4. The molecule has 0 saturated carbocycles. The number of carbonyl (C=O) groups excluding carboxylic acids is 2. The van der Waals surface area contributed by atoms with E-state index in [2.05, 4.69) is 16.1 Å². The van der Waals surface area contributed by atoms with E-state index in [-0.39, 0.29) is 5.11 Å². The Hall–Kier alpha value is -2.97. The summed E-state index contributed by atoms with van der Waals surface area (Å²) in [5, 5.41) is 7.00. The molecule has 2 aromatic rings. The fraction of sp³-hybridized carbons (Fsp3) is 0.250. The highest BCUT2D eigenvalue weighted by Crippen LogP contribution is 2.35. The monoisotopic (exact) mass is 397 g/mol. The Kier molecular flexibility index (Phi) is 5.91. The van der Waals surface area contributed by atoms with E-state index in [1.807, 2.05) is 79.7 Å². The Balaban J connectivity index is 1.88. The molecule has 7 nitrogen and oxygen atoms in total. The summed E-state index contributed by atoms with van der Waals surface area (Å²) in [5.74, 6) is -0.438. The SMILES string of the molecule is CN(C)CCNC(=S)NN1C(=O)NC(c2ccccc2)(c2ccccc2)C1=O. The molecule has 0 radical (unpaired) electrons. The summed E-state index contributed by atoms with van der Waals surface area (Å²) in [5.41, 5.74) is 2.76. The highest BCUT2D eigenvalue weighted by atomic mass is 32.1. The smallest absolute Gasteiger partial charge is 0.344 e. The van der Waals surface area contributed by atoms with Gasteiger partial charge in [-0.1, -0.05) is 60.7 Å². The summed E-state index contributed by atoms with van der Waals surface area (Å²) in [7, 11) is 3.90. The highest BCUT2D eigenvalue weighted by Gasteiger charge is 2.54. The van der Waals surface area contributed by atoms with Gasteiger partial charge in [-0.05, 0) is 37.4 Å². The van der Waals surface area contributed by atoms with Crippen molar-refractivity contribution in [2.45, 2.75) is 5.54 Å². The minimum absolute atomic E-state index is 0.210. The van der Waals surface area contributed by atoms with Crippen molar-refractivity contribution in [2.75, 3.05) is 27.2 Å². The molecule has 0 unspecified atom stereocenters. The molecule has 0 spiro atoms. The third kappa shape index (κ3) is 3.83. The van der Waals surface area contributed by atoms with Crippen molar-refractivity contribution in [2.24, 2.45) is 0 Å². The Bertz CT molecular complexity index is 818. The second-order valence-electron chi connectivity index (χ2n) is 6.72. The average Bonchev–Trinajstić information content (AvgIpc) is 2.94. The maximum atomic E-state index is 13.4. The van der Waals surface area contributed by atoms with Gasteiger partial charge in [-0.15, -0.1) is 0 Å². The normalized spacial score (nSPS) is 15.5. The summed E-state index contributed by atoms with van der Waals surface area (Å²) in [6.07, 6.45) is 0. The van der Waals surface area contributed by atoms with E-state index in [1.165, 1.54) is 0 Å². The van der Waals surface area contributed by atoms with Crippen LogP contribution in [0.1, 0.15) is 11.1 Å². The van der Waals surface area contributed by atoms with Gasteiger partial charge in [-0.2, -0.15) is 5.01 Å². The molecule has 1 aliphatic heterocycles. The summed E-state index contributed by atoms with van der Waals surface area (Å²) < 4.78 is 0. The molecule has 8 heteroatoms. The van der Waals surface area contributed by atoms with Crippen LogP contribution in [0, 0.1) is 0 Å². The number of imide groups is 1. The van der Waals surface area contributed by atoms with Crippen LogP contribution in [0.3, 0.4) is 0 Å². The molecule has 2 aromatic carbocycles. The number of likely N-dealkylation sites (N-methyl/N-ethyl adjacent to an activating group) is 1. The first kappa shape index (κ1) is 19.8. The number of nitrogens with zero attached hydrogens (tertiary/aromatic N) is 2. The molecule has 1 fully saturated rings. The standard InChI is InChI=1S/C20H23N5O2S/c1-24(2)14-13-21-18(28)23-25-17(26)20(22-19(25)27,15-9-5-3-6-10-15)16-11-7-4-8-12-16/h3-12H,13-14H2,1-2H3,(H,22,27)(H2,21,23,28). The van der Waals surface area contributed by atoms with Gasteiger partial charge < -0.3 is 15.5 Å². The van der Waals surface area contributed by atoms with Gasteiger partial charge in [-0.3, -0.25) is 10.2 Å². The van der Waals surface area contributed by atoms with Crippen LogP contribution in [-0.2, 0) is 10.3 Å². The number of urea groups is 1. The highest BCUT2D eigenvalue weighted by molar-refractivity contribution is 7.80. The third-order valence-corrected chi connectivity index (χ3v) is 4.73. The van der Waals surface area contributed by atoms with Crippen LogP contribution >= 0.6 is 12.2 Å². The van der Waals surface area contributed by atoms with Crippen molar-refractivity contribution in [3.8, 4) is 0 Å². The number of benzene rings is 2. The zero-order valence-corrected chi connectivity index (χ0v) is 16.6. The van der Waals surface area contributed by atoms with E-state index in [9.17, 15) is 9.59 Å². The number of hydrogen-bond donors (Lipinski definition) is 3. The average molecular weight is 398 g/mol. The number of rotatable bonds is 6. The van der Waals surface area contributed by atoms with E-state index in [0.29, 0.717) is 17.7 Å². The molecular weight excluding hydrogens is 374 g/mol. The number of thiocarbonyl (C=S) groups is 1. The first-order chi connectivity index (χ1) is 13.4. The molecule has 3 rings (SSSR count). The van der Waals surface area contributed by atoms with Crippen molar-refractivity contribution in [3.05, 3.63) is 71.8 Å². The van der Waals surface area contributed by atoms with E-state index in [0.717, 1.165) is 11.6 Å². The van der Waals surface area contributed by atoms with E-state index < -0.39 is 17.5 Å². The number of carbonyl (C=O) groups is 2. The van der Waals surface area contributed by atoms with Gasteiger partial charge in [0.1, 0.15) is 0 Å². The summed E-state index contributed by atoms with van der Waals surface area (Å²) in [6, 6.07) is 17.8. The topological polar surface area (TPSA) is 76.7 Å². The van der Waals surface area contributed by atoms with Crippen LogP contribution in [0.15, 0.2) is 60.7 Å². The third-order valence-electron chi connectivity index (χ3n) is 4.49. The fourth-order valence-electron chi connectivity index (χ4n) is 3.10. The lowest BCUT2D eigenvalue weighted by Crippen LogP contribution is -2.52. The first-order valence-corrected chi connectivity index (χ1v) is 9.33. The maximum absolute atomic E-state index is 13.4. The molecule has 0 aromatic heterocycles. The van der Waals surface area contributed by atoms with Crippen molar-refractivity contribution in [1.82, 2.24) is 26.0 Å². The van der Waals surface area contributed by atoms with Crippen molar-refractivity contribution < 1.29 is 9.59 Å². The summed E-state index contributed by atoms with van der Waals surface area (Å²) in [4.78, 5) is 28.1. The molecule has 28 heavy (non-hydrogen) atoms. The molecule has 1 saturated heterocycles. The Labute approximate surface area is 169 Å². The fourth-order valence-corrected chi connectivity index (χ4v) is 3.29. The molecule has 3 amide bonds. The molecule has 1 heterocycles. The van der Waals surface area contributed by atoms with Gasteiger partial charge in [0, 0.05) is 13.1 Å².